The summed E-state index contributed by atoms with van der Waals surface area (Å²) in [5, 5.41) is 23.4. The van der Waals surface area contributed by atoms with Crippen molar-refractivity contribution >= 4 is 22.9 Å². The number of aromatic nitrogens is 1. The van der Waals surface area contributed by atoms with Gasteiger partial charge in [0.05, 0.1) is 17.7 Å². The van der Waals surface area contributed by atoms with Crippen molar-refractivity contribution in [3.63, 3.8) is 0 Å². The second kappa shape index (κ2) is 8.95. The molecule has 1 amide bonds. The van der Waals surface area contributed by atoms with Crippen LogP contribution in [0.1, 0.15) is 21.5 Å². The Morgan fingerprint density at radius 2 is 1.79 bits per heavy atom. The summed E-state index contributed by atoms with van der Waals surface area (Å²) >= 11 is 1.46. The number of halogens is 3. The standard InChI is InChI=1S/C24H17F3N2O3S/c25-24(26,27)21-12-28-9-7-19(21)16-1-3-17(4-2-16)29(13-15-8-10-33-14-15)23(32)20-6-5-18(30)11-22(20)31/h1-12,14,30-31H,13H2. The number of benzene rings is 2. The normalized spacial score (nSPS) is 11.4. The maximum Gasteiger partial charge on any atom is 0.418 e. The Morgan fingerprint density at radius 1 is 1.03 bits per heavy atom. The number of carbonyl (C=O) groups excluding carboxylic acids is 1. The van der Waals surface area contributed by atoms with Crippen LogP contribution >= 0.6 is 11.3 Å². The van der Waals surface area contributed by atoms with Gasteiger partial charge in [-0.2, -0.15) is 24.5 Å². The van der Waals surface area contributed by atoms with Gasteiger partial charge in [0.25, 0.3) is 5.91 Å². The maximum atomic E-state index is 13.4. The SMILES string of the molecule is O=C(c1ccc(O)cc1O)N(Cc1ccsc1)c1ccc(-c2ccncc2C(F)(F)F)cc1. The fourth-order valence-electron chi connectivity index (χ4n) is 3.38. The van der Waals surface area contributed by atoms with Crippen LogP contribution in [0.2, 0.25) is 0 Å². The van der Waals surface area contributed by atoms with Gasteiger partial charge in [-0.15, -0.1) is 0 Å². The van der Waals surface area contributed by atoms with Crippen molar-refractivity contribution in [2.45, 2.75) is 12.7 Å². The summed E-state index contributed by atoms with van der Waals surface area (Å²) in [5.74, 6) is -1.08. The van der Waals surface area contributed by atoms with Gasteiger partial charge in [-0.3, -0.25) is 9.78 Å². The molecule has 0 aliphatic heterocycles. The molecule has 33 heavy (non-hydrogen) atoms. The molecular formula is C24H17F3N2O3S. The zero-order chi connectivity index (χ0) is 23.6. The van der Waals surface area contributed by atoms with E-state index in [0.717, 1.165) is 17.8 Å². The summed E-state index contributed by atoms with van der Waals surface area (Å²) in [7, 11) is 0. The molecule has 2 N–H and O–H groups in total. The summed E-state index contributed by atoms with van der Waals surface area (Å²) < 4.78 is 40.1. The Morgan fingerprint density at radius 3 is 2.42 bits per heavy atom. The molecule has 2 aromatic heterocycles. The van der Waals surface area contributed by atoms with Crippen LogP contribution in [0.3, 0.4) is 0 Å². The quantitative estimate of drug-likeness (QED) is 0.370. The number of thiophene rings is 1. The summed E-state index contributed by atoms with van der Waals surface area (Å²) in [6.45, 7) is 0.186. The fraction of sp³-hybridized carbons (Fsp3) is 0.0833. The van der Waals surface area contributed by atoms with Gasteiger partial charge in [0, 0.05) is 24.1 Å². The monoisotopic (exact) mass is 470 g/mol. The summed E-state index contributed by atoms with van der Waals surface area (Å²) in [5.41, 5.74) is 0.729. The Balaban J connectivity index is 1.72. The van der Waals surface area contributed by atoms with Gasteiger partial charge in [-0.05, 0) is 63.8 Å². The molecule has 0 bridgehead atoms. The number of pyridine rings is 1. The van der Waals surface area contributed by atoms with E-state index >= 15 is 0 Å². The maximum absolute atomic E-state index is 13.4. The van der Waals surface area contributed by atoms with Crippen LogP contribution in [0.4, 0.5) is 18.9 Å². The van der Waals surface area contributed by atoms with E-state index in [2.05, 4.69) is 4.98 Å². The van der Waals surface area contributed by atoms with E-state index in [4.69, 9.17) is 0 Å². The molecule has 0 saturated heterocycles. The van der Waals surface area contributed by atoms with Crippen molar-refractivity contribution in [1.29, 1.82) is 0 Å². The highest BCUT2D eigenvalue weighted by molar-refractivity contribution is 7.07. The minimum atomic E-state index is -4.56. The number of rotatable bonds is 5. The Bertz CT molecular complexity index is 1270. The molecule has 4 rings (SSSR count). The van der Waals surface area contributed by atoms with Gasteiger partial charge in [0.2, 0.25) is 0 Å². The van der Waals surface area contributed by atoms with Gasteiger partial charge in [-0.25, -0.2) is 0 Å². The molecule has 9 heteroatoms. The van der Waals surface area contributed by atoms with E-state index in [0.29, 0.717) is 11.3 Å². The molecule has 168 valence electrons. The summed E-state index contributed by atoms with van der Waals surface area (Å²) in [4.78, 5) is 18.3. The average molecular weight is 470 g/mol. The minimum absolute atomic E-state index is 0.0133. The zero-order valence-corrected chi connectivity index (χ0v) is 17.8. The predicted octanol–water partition coefficient (Wildman–Crippen LogP) is 6.09. The van der Waals surface area contributed by atoms with Crippen molar-refractivity contribution in [3.05, 3.63) is 94.4 Å². The zero-order valence-electron chi connectivity index (χ0n) is 17.0. The largest absolute Gasteiger partial charge is 0.508 e. The molecule has 0 atom stereocenters. The van der Waals surface area contributed by atoms with Crippen molar-refractivity contribution < 1.29 is 28.2 Å². The molecule has 0 saturated carbocycles. The molecular weight excluding hydrogens is 453 g/mol. The number of carbonyl (C=O) groups is 1. The van der Waals surface area contributed by atoms with Gasteiger partial charge in [0.15, 0.2) is 0 Å². The molecule has 2 heterocycles. The van der Waals surface area contributed by atoms with Gasteiger partial charge >= 0.3 is 6.18 Å². The van der Waals surface area contributed by atoms with Crippen LogP contribution in [0.5, 0.6) is 11.5 Å². The number of amides is 1. The highest BCUT2D eigenvalue weighted by Crippen LogP contribution is 2.37. The number of phenols is 2. The molecule has 0 aliphatic carbocycles. The molecule has 4 aromatic rings. The first kappa shape index (κ1) is 22.3. The van der Waals surface area contributed by atoms with Crippen LogP contribution in [0.15, 0.2) is 77.8 Å². The first-order valence-electron chi connectivity index (χ1n) is 9.70. The minimum Gasteiger partial charge on any atom is -0.508 e. The van der Waals surface area contributed by atoms with Crippen molar-refractivity contribution in [3.8, 4) is 22.6 Å². The molecule has 2 aromatic carbocycles. The van der Waals surface area contributed by atoms with Gasteiger partial charge in [0.1, 0.15) is 11.5 Å². The van der Waals surface area contributed by atoms with Crippen LogP contribution in [0.25, 0.3) is 11.1 Å². The third-order valence-corrected chi connectivity index (χ3v) is 5.73. The predicted molar refractivity (Wildman–Crippen MR) is 119 cm³/mol. The molecule has 5 nitrogen and oxygen atoms in total. The number of aromatic hydroxyl groups is 2. The highest BCUT2D eigenvalue weighted by atomic mass is 32.1. The number of hydrogen-bond acceptors (Lipinski definition) is 5. The lowest BCUT2D eigenvalue weighted by atomic mass is 10.0. The first-order valence-corrected chi connectivity index (χ1v) is 10.6. The van der Waals surface area contributed by atoms with E-state index in [-0.39, 0.29) is 29.2 Å². The first-order chi connectivity index (χ1) is 15.7. The molecule has 0 spiro atoms. The van der Waals surface area contributed by atoms with E-state index in [1.165, 1.54) is 52.8 Å². The second-order valence-corrected chi connectivity index (χ2v) is 7.97. The van der Waals surface area contributed by atoms with Crippen LogP contribution in [-0.2, 0) is 12.7 Å². The van der Waals surface area contributed by atoms with Crippen molar-refractivity contribution in [1.82, 2.24) is 4.98 Å². The molecule has 0 aliphatic rings. The Kier molecular flexibility index (Phi) is 6.06. The number of anilines is 1. The second-order valence-electron chi connectivity index (χ2n) is 7.19. The van der Waals surface area contributed by atoms with E-state index < -0.39 is 17.6 Å². The lowest BCUT2D eigenvalue weighted by Crippen LogP contribution is -2.30. The van der Waals surface area contributed by atoms with E-state index in [9.17, 15) is 28.2 Å². The average Bonchev–Trinajstić information content (AvgIpc) is 3.30. The van der Waals surface area contributed by atoms with Gasteiger partial charge < -0.3 is 15.1 Å². The Labute approximate surface area is 191 Å². The van der Waals surface area contributed by atoms with Crippen molar-refractivity contribution in [2.24, 2.45) is 0 Å². The highest BCUT2D eigenvalue weighted by Gasteiger charge is 2.34. The number of hydrogen-bond donors (Lipinski definition) is 2. The van der Waals surface area contributed by atoms with E-state index in [1.807, 2.05) is 16.8 Å². The summed E-state index contributed by atoms with van der Waals surface area (Å²) in [6, 6.07) is 12.9. The lowest BCUT2D eigenvalue weighted by Gasteiger charge is -2.23. The third kappa shape index (κ3) is 4.83. The smallest absolute Gasteiger partial charge is 0.418 e. The van der Waals surface area contributed by atoms with Crippen LogP contribution in [-0.4, -0.2) is 21.1 Å². The lowest BCUT2D eigenvalue weighted by molar-refractivity contribution is -0.137. The van der Waals surface area contributed by atoms with E-state index in [1.54, 1.807) is 12.1 Å². The molecule has 0 radical (unpaired) electrons. The topological polar surface area (TPSA) is 73.7 Å². The number of nitrogens with zero attached hydrogens (tertiary/aromatic N) is 2. The molecule has 0 unspecified atom stereocenters. The van der Waals surface area contributed by atoms with Crippen LogP contribution < -0.4 is 4.90 Å². The Hall–Kier alpha value is -3.85. The van der Waals surface area contributed by atoms with Gasteiger partial charge in [-0.1, -0.05) is 12.1 Å². The van der Waals surface area contributed by atoms with Crippen LogP contribution in [0, 0.1) is 0 Å². The summed E-state index contributed by atoms with van der Waals surface area (Å²) in [6.07, 6.45) is -2.48. The fourth-order valence-corrected chi connectivity index (χ4v) is 4.04. The third-order valence-electron chi connectivity index (χ3n) is 4.99. The number of phenolic OH excluding ortho intramolecular Hbond substituents is 2. The molecule has 0 fully saturated rings. The van der Waals surface area contributed by atoms with Crippen molar-refractivity contribution in [2.75, 3.05) is 4.90 Å². The number of alkyl halides is 3.